The van der Waals surface area contributed by atoms with Crippen LogP contribution in [0.5, 0.6) is 0 Å². The van der Waals surface area contributed by atoms with Crippen molar-refractivity contribution in [1.29, 1.82) is 0 Å². The molecule has 0 bridgehead atoms. The molecule has 0 radical (unpaired) electrons. The van der Waals surface area contributed by atoms with Crippen molar-refractivity contribution in [2.24, 2.45) is 11.7 Å². The van der Waals surface area contributed by atoms with E-state index in [1.807, 2.05) is 13.8 Å². The molecular weight excluding hydrogens is 220 g/mol. The topological polar surface area (TPSA) is 26.0 Å². The molecule has 0 aliphatic rings. The Morgan fingerprint density at radius 1 is 1.27 bits per heavy atom. The Balaban J connectivity index is 0.00000196. The van der Waals surface area contributed by atoms with Crippen LogP contribution < -0.4 is 5.73 Å². The summed E-state index contributed by atoms with van der Waals surface area (Å²) in [5.41, 5.74) is 6.17. The van der Waals surface area contributed by atoms with Crippen LogP contribution in [0.4, 0.5) is 8.78 Å². The average Bonchev–Trinajstić information content (AvgIpc) is 2.01. The van der Waals surface area contributed by atoms with Gasteiger partial charge in [0.05, 0.1) is 0 Å². The van der Waals surface area contributed by atoms with Gasteiger partial charge in [-0.2, -0.15) is 0 Å². The second-order valence-corrected chi connectivity index (χ2v) is 3.90. The van der Waals surface area contributed by atoms with Crippen molar-refractivity contribution in [3.05, 3.63) is 35.4 Å². The standard InChI is InChI=1S/C11H15F2N.ClH/c1-7(2)5-11(14)9-4-3-8(12)6-10(9)13;/h3-4,6-7,11H,5,14H2,1-2H3;1H. The van der Waals surface area contributed by atoms with E-state index in [9.17, 15) is 8.78 Å². The molecule has 0 amide bonds. The molecule has 1 unspecified atom stereocenters. The summed E-state index contributed by atoms with van der Waals surface area (Å²) in [6.45, 7) is 4.03. The van der Waals surface area contributed by atoms with Crippen LogP contribution >= 0.6 is 12.4 Å². The van der Waals surface area contributed by atoms with Crippen LogP contribution in [0.2, 0.25) is 0 Å². The third kappa shape index (κ3) is 4.14. The summed E-state index contributed by atoms with van der Waals surface area (Å²) in [5.74, 6) is -0.726. The number of nitrogens with two attached hydrogens (primary N) is 1. The molecule has 0 aliphatic heterocycles. The minimum absolute atomic E-state index is 0. The summed E-state index contributed by atoms with van der Waals surface area (Å²) in [6, 6.07) is 3.17. The van der Waals surface area contributed by atoms with E-state index in [1.54, 1.807) is 0 Å². The van der Waals surface area contributed by atoms with Crippen molar-refractivity contribution in [1.82, 2.24) is 0 Å². The quantitative estimate of drug-likeness (QED) is 0.854. The largest absolute Gasteiger partial charge is 0.324 e. The van der Waals surface area contributed by atoms with E-state index in [-0.39, 0.29) is 18.4 Å². The first kappa shape index (κ1) is 14.3. The summed E-state index contributed by atoms with van der Waals surface area (Å²) in [4.78, 5) is 0. The minimum atomic E-state index is -0.567. The van der Waals surface area contributed by atoms with Crippen molar-refractivity contribution >= 4 is 12.4 Å². The molecule has 86 valence electrons. The van der Waals surface area contributed by atoms with Gasteiger partial charge in [-0.15, -0.1) is 12.4 Å². The lowest BCUT2D eigenvalue weighted by atomic mass is 9.97. The van der Waals surface area contributed by atoms with E-state index in [0.717, 1.165) is 6.07 Å². The molecule has 0 spiro atoms. The van der Waals surface area contributed by atoms with Gasteiger partial charge in [-0.05, 0) is 18.4 Å². The average molecular weight is 236 g/mol. The molecule has 1 atom stereocenters. The molecule has 0 saturated carbocycles. The van der Waals surface area contributed by atoms with E-state index >= 15 is 0 Å². The van der Waals surface area contributed by atoms with Crippen molar-refractivity contribution < 1.29 is 8.78 Å². The zero-order chi connectivity index (χ0) is 10.7. The SMILES string of the molecule is CC(C)CC(N)c1ccc(F)cc1F.Cl. The third-order valence-electron chi connectivity index (χ3n) is 2.09. The Hall–Kier alpha value is -0.670. The van der Waals surface area contributed by atoms with E-state index in [4.69, 9.17) is 5.73 Å². The lowest BCUT2D eigenvalue weighted by molar-refractivity contribution is 0.485. The highest BCUT2D eigenvalue weighted by atomic mass is 35.5. The first-order valence-electron chi connectivity index (χ1n) is 4.71. The van der Waals surface area contributed by atoms with Gasteiger partial charge in [-0.1, -0.05) is 19.9 Å². The molecule has 1 nitrogen and oxygen atoms in total. The molecule has 0 aromatic heterocycles. The summed E-state index contributed by atoms with van der Waals surface area (Å²) in [5, 5.41) is 0. The Morgan fingerprint density at radius 2 is 1.87 bits per heavy atom. The van der Waals surface area contributed by atoms with E-state index in [2.05, 4.69) is 0 Å². The molecule has 0 aliphatic carbocycles. The predicted octanol–water partition coefficient (Wildman–Crippen LogP) is 3.43. The van der Waals surface area contributed by atoms with Gasteiger partial charge in [-0.25, -0.2) is 8.78 Å². The number of halogens is 3. The molecule has 2 N–H and O–H groups in total. The van der Waals surface area contributed by atoms with Crippen LogP contribution in [-0.4, -0.2) is 0 Å². The second kappa shape index (κ2) is 6.03. The van der Waals surface area contributed by atoms with Gasteiger partial charge in [0.1, 0.15) is 11.6 Å². The molecule has 0 fully saturated rings. The molecule has 1 aromatic rings. The maximum absolute atomic E-state index is 13.2. The molecule has 1 rings (SSSR count). The van der Waals surface area contributed by atoms with Gasteiger partial charge in [0.15, 0.2) is 0 Å². The fraction of sp³-hybridized carbons (Fsp3) is 0.455. The van der Waals surface area contributed by atoms with Crippen LogP contribution in [-0.2, 0) is 0 Å². The summed E-state index contributed by atoms with van der Waals surface area (Å²) >= 11 is 0. The van der Waals surface area contributed by atoms with E-state index < -0.39 is 11.6 Å². The van der Waals surface area contributed by atoms with Crippen LogP contribution in [0, 0.1) is 17.6 Å². The van der Waals surface area contributed by atoms with Gasteiger partial charge in [0.25, 0.3) is 0 Å². The maximum atomic E-state index is 13.2. The zero-order valence-electron chi connectivity index (χ0n) is 8.84. The molecule has 1 aromatic carbocycles. The number of benzene rings is 1. The van der Waals surface area contributed by atoms with E-state index in [0.29, 0.717) is 17.9 Å². The van der Waals surface area contributed by atoms with Crippen LogP contribution in [0.3, 0.4) is 0 Å². The van der Waals surface area contributed by atoms with Gasteiger partial charge in [0, 0.05) is 17.7 Å². The summed E-state index contributed by atoms with van der Waals surface area (Å²) in [7, 11) is 0. The van der Waals surface area contributed by atoms with Crippen LogP contribution in [0.1, 0.15) is 31.9 Å². The lowest BCUT2D eigenvalue weighted by Crippen LogP contribution is -2.14. The highest BCUT2D eigenvalue weighted by Gasteiger charge is 2.13. The zero-order valence-corrected chi connectivity index (χ0v) is 9.65. The van der Waals surface area contributed by atoms with Gasteiger partial charge < -0.3 is 5.73 Å². The molecule has 4 heteroatoms. The van der Waals surface area contributed by atoms with Crippen molar-refractivity contribution in [3.8, 4) is 0 Å². The Morgan fingerprint density at radius 3 is 2.33 bits per heavy atom. The third-order valence-corrected chi connectivity index (χ3v) is 2.09. The first-order valence-corrected chi connectivity index (χ1v) is 4.71. The van der Waals surface area contributed by atoms with Gasteiger partial charge >= 0.3 is 0 Å². The highest BCUT2D eigenvalue weighted by molar-refractivity contribution is 5.85. The molecular formula is C11H16ClF2N. The van der Waals surface area contributed by atoms with Crippen molar-refractivity contribution in [3.63, 3.8) is 0 Å². The first-order chi connectivity index (χ1) is 6.50. The normalized spacial score (nSPS) is 12.4. The molecule has 15 heavy (non-hydrogen) atoms. The van der Waals surface area contributed by atoms with Crippen LogP contribution in [0.15, 0.2) is 18.2 Å². The van der Waals surface area contributed by atoms with E-state index in [1.165, 1.54) is 12.1 Å². The fourth-order valence-corrected chi connectivity index (χ4v) is 1.44. The predicted molar refractivity (Wildman–Crippen MR) is 60.0 cm³/mol. The van der Waals surface area contributed by atoms with Crippen molar-refractivity contribution in [2.75, 3.05) is 0 Å². The second-order valence-electron chi connectivity index (χ2n) is 3.90. The summed E-state index contributed by atoms with van der Waals surface area (Å²) in [6.07, 6.45) is 0.697. The monoisotopic (exact) mass is 235 g/mol. The smallest absolute Gasteiger partial charge is 0.130 e. The highest BCUT2D eigenvalue weighted by Crippen LogP contribution is 2.21. The summed E-state index contributed by atoms with van der Waals surface area (Å²) < 4.78 is 25.8. The Kier molecular flexibility index (Phi) is 5.76. The van der Waals surface area contributed by atoms with Crippen molar-refractivity contribution in [2.45, 2.75) is 26.3 Å². The number of rotatable bonds is 3. The van der Waals surface area contributed by atoms with Gasteiger partial charge in [0.2, 0.25) is 0 Å². The van der Waals surface area contributed by atoms with Gasteiger partial charge in [-0.3, -0.25) is 0 Å². The molecule has 0 heterocycles. The fourth-order valence-electron chi connectivity index (χ4n) is 1.44. The maximum Gasteiger partial charge on any atom is 0.130 e. The lowest BCUT2D eigenvalue weighted by Gasteiger charge is -2.14. The minimum Gasteiger partial charge on any atom is -0.324 e. The van der Waals surface area contributed by atoms with Crippen LogP contribution in [0.25, 0.3) is 0 Å². The molecule has 0 saturated heterocycles. The number of hydrogen-bond donors (Lipinski definition) is 1. The Bertz CT molecular complexity index is 315. The number of hydrogen-bond acceptors (Lipinski definition) is 1. The Labute approximate surface area is 95.1 Å².